The third-order valence-corrected chi connectivity index (χ3v) is 5.85. The Labute approximate surface area is 183 Å². The molecule has 162 valence electrons. The lowest BCUT2D eigenvalue weighted by Crippen LogP contribution is -2.40. The molecule has 0 N–H and O–H groups in total. The number of aryl methyl sites for hydroxylation is 3. The Morgan fingerprint density at radius 1 is 1.19 bits per heavy atom. The number of amides is 1. The van der Waals surface area contributed by atoms with Crippen molar-refractivity contribution in [3.63, 3.8) is 0 Å². The quantitative estimate of drug-likeness (QED) is 0.563. The van der Waals surface area contributed by atoms with Crippen LogP contribution < -0.4 is 0 Å². The number of aromatic nitrogens is 3. The molecule has 0 aliphatic carbocycles. The molecule has 1 fully saturated rings. The van der Waals surface area contributed by atoms with E-state index in [1.807, 2.05) is 36.2 Å². The summed E-state index contributed by atoms with van der Waals surface area (Å²) in [5.74, 6) is 1.62. The Morgan fingerprint density at radius 2 is 2.00 bits per heavy atom. The maximum Gasteiger partial charge on any atom is 0.227 e. The van der Waals surface area contributed by atoms with Gasteiger partial charge in [-0.3, -0.25) is 4.79 Å². The molecule has 1 aliphatic rings. The highest BCUT2D eigenvalue weighted by Crippen LogP contribution is 2.36. The minimum absolute atomic E-state index is 0.0780. The second-order valence-corrected chi connectivity index (χ2v) is 8.43. The van der Waals surface area contributed by atoms with Gasteiger partial charge in [-0.2, -0.15) is 0 Å². The summed E-state index contributed by atoms with van der Waals surface area (Å²) in [6.07, 6.45) is 7.00. The molecule has 0 saturated carbocycles. The first kappa shape index (κ1) is 21.2. The zero-order valence-electron chi connectivity index (χ0n) is 18.6. The highest BCUT2D eigenvalue weighted by atomic mass is 16.5. The Kier molecular flexibility index (Phi) is 6.44. The number of hydrogen-bond donors (Lipinski definition) is 0. The lowest BCUT2D eigenvalue weighted by Gasteiger charge is -2.36. The van der Waals surface area contributed by atoms with Crippen LogP contribution in [-0.2, 0) is 17.6 Å². The Balaban J connectivity index is 1.68. The van der Waals surface area contributed by atoms with Crippen LogP contribution in [0.25, 0.3) is 11.3 Å². The van der Waals surface area contributed by atoms with Crippen molar-refractivity contribution in [2.24, 2.45) is 0 Å². The molecule has 1 aromatic carbocycles. The van der Waals surface area contributed by atoms with Crippen LogP contribution in [0.15, 0.2) is 41.1 Å². The summed E-state index contributed by atoms with van der Waals surface area (Å²) in [6.45, 7) is 6.82. The molecule has 0 bridgehead atoms. The predicted octanol–water partition coefficient (Wildman–Crippen LogP) is 5.00. The fourth-order valence-electron chi connectivity index (χ4n) is 4.21. The smallest absolute Gasteiger partial charge is 0.227 e. The van der Waals surface area contributed by atoms with E-state index in [9.17, 15) is 4.79 Å². The maximum atomic E-state index is 13.3. The third-order valence-electron chi connectivity index (χ3n) is 5.85. The molecule has 1 amide bonds. The third kappa shape index (κ3) is 4.84. The van der Waals surface area contributed by atoms with E-state index in [0.717, 1.165) is 67.0 Å². The van der Waals surface area contributed by atoms with Gasteiger partial charge in [0.15, 0.2) is 5.76 Å². The van der Waals surface area contributed by atoms with Gasteiger partial charge in [0.1, 0.15) is 5.82 Å². The van der Waals surface area contributed by atoms with Crippen molar-refractivity contribution in [3.8, 4) is 11.3 Å². The summed E-state index contributed by atoms with van der Waals surface area (Å²) in [5, 5.41) is 4.04. The molecule has 3 heterocycles. The molecule has 0 radical (unpaired) electrons. The molecule has 0 unspecified atom stereocenters. The first-order valence-corrected chi connectivity index (χ1v) is 11.2. The van der Waals surface area contributed by atoms with Crippen LogP contribution in [0.1, 0.15) is 67.0 Å². The summed E-state index contributed by atoms with van der Waals surface area (Å²) >= 11 is 0. The number of piperidine rings is 1. The molecule has 2 aromatic heterocycles. The molecule has 0 spiro atoms. The van der Waals surface area contributed by atoms with Gasteiger partial charge in [-0.1, -0.05) is 41.9 Å². The van der Waals surface area contributed by atoms with Gasteiger partial charge < -0.3 is 9.42 Å². The SMILES string of the molecule is CCCc1ncc(-c2cc(C)no2)c([C@@H]2CCCCN2C(=O)Cc2ccc(C)cc2)n1. The molecular weight excluding hydrogens is 388 g/mol. The largest absolute Gasteiger partial charge is 0.356 e. The van der Waals surface area contributed by atoms with E-state index in [0.29, 0.717) is 12.2 Å². The first-order chi connectivity index (χ1) is 15.0. The normalized spacial score (nSPS) is 16.5. The Hall–Kier alpha value is -3.02. The van der Waals surface area contributed by atoms with Gasteiger partial charge >= 0.3 is 0 Å². The van der Waals surface area contributed by atoms with Gasteiger partial charge in [0.05, 0.1) is 29.4 Å². The molecule has 4 rings (SSSR count). The molecule has 1 atom stereocenters. The van der Waals surface area contributed by atoms with Crippen molar-refractivity contribution in [1.82, 2.24) is 20.0 Å². The molecule has 1 saturated heterocycles. The standard InChI is InChI=1S/C25H30N4O2/c1-4-7-23-26-16-20(22-14-18(3)28-31-22)25(27-23)21-8-5-6-13-29(21)24(30)15-19-11-9-17(2)10-12-19/h9-12,14,16,21H,4-8,13,15H2,1-3H3/t21-/m0/s1. The Morgan fingerprint density at radius 3 is 2.71 bits per heavy atom. The van der Waals surface area contributed by atoms with Crippen molar-refractivity contribution in [2.45, 2.75) is 65.3 Å². The highest BCUT2D eigenvalue weighted by molar-refractivity contribution is 5.79. The topological polar surface area (TPSA) is 72.1 Å². The fourth-order valence-corrected chi connectivity index (χ4v) is 4.21. The lowest BCUT2D eigenvalue weighted by molar-refractivity contribution is -0.134. The van der Waals surface area contributed by atoms with Gasteiger partial charge in [0.2, 0.25) is 5.91 Å². The summed E-state index contributed by atoms with van der Waals surface area (Å²) < 4.78 is 5.55. The van der Waals surface area contributed by atoms with Crippen molar-refractivity contribution in [2.75, 3.05) is 6.54 Å². The van der Waals surface area contributed by atoms with Crippen LogP contribution >= 0.6 is 0 Å². The predicted molar refractivity (Wildman–Crippen MR) is 119 cm³/mol. The molecular formula is C25H30N4O2. The number of nitrogens with zero attached hydrogens (tertiary/aromatic N) is 4. The number of hydrogen-bond acceptors (Lipinski definition) is 5. The number of benzene rings is 1. The average molecular weight is 419 g/mol. The molecule has 31 heavy (non-hydrogen) atoms. The lowest BCUT2D eigenvalue weighted by atomic mass is 9.94. The van der Waals surface area contributed by atoms with Crippen LogP contribution in [0.2, 0.25) is 0 Å². The number of rotatable bonds is 6. The van der Waals surface area contributed by atoms with Crippen LogP contribution in [0, 0.1) is 13.8 Å². The Bertz CT molecular complexity index is 1040. The van der Waals surface area contributed by atoms with E-state index < -0.39 is 0 Å². The average Bonchev–Trinajstić information content (AvgIpc) is 3.21. The van der Waals surface area contributed by atoms with Crippen LogP contribution in [0.4, 0.5) is 0 Å². The second-order valence-electron chi connectivity index (χ2n) is 8.43. The monoisotopic (exact) mass is 418 g/mol. The van der Waals surface area contributed by atoms with Gasteiger partial charge in [-0.05, 0) is 45.1 Å². The highest BCUT2D eigenvalue weighted by Gasteiger charge is 2.32. The number of likely N-dealkylation sites (tertiary alicyclic amines) is 1. The summed E-state index contributed by atoms with van der Waals surface area (Å²) in [4.78, 5) is 24.8. The van der Waals surface area contributed by atoms with Crippen molar-refractivity contribution in [1.29, 1.82) is 0 Å². The molecule has 6 heteroatoms. The maximum absolute atomic E-state index is 13.3. The van der Waals surface area contributed by atoms with Gasteiger partial charge in [-0.25, -0.2) is 9.97 Å². The zero-order chi connectivity index (χ0) is 21.8. The minimum atomic E-state index is -0.0780. The fraction of sp³-hybridized carbons (Fsp3) is 0.440. The second kappa shape index (κ2) is 9.41. The number of carbonyl (C=O) groups excluding carboxylic acids is 1. The molecule has 1 aliphatic heterocycles. The van der Waals surface area contributed by atoms with Crippen molar-refractivity contribution < 1.29 is 9.32 Å². The zero-order valence-corrected chi connectivity index (χ0v) is 18.6. The number of carbonyl (C=O) groups is 1. The minimum Gasteiger partial charge on any atom is -0.356 e. The van der Waals surface area contributed by atoms with E-state index in [2.05, 4.69) is 36.1 Å². The summed E-state index contributed by atoms with van der Waals surface area (Å²) in [5.41, 5.74) is 4.77. The molecule has 3 aromatic rings. The van der Waals surface area contributed by atoms with Gasteiger partial charge in [-0.15, -0.1) is 0 Å². The summed E-state index contributed by atoms with van der Waals surface area (Å²) in [7, 11) is 0. The van der Waals surface area contributed by atoms with E-state index in [-0.39, 0.29) is 11.9 Å². The van der Waals surface area contributed by atoms with E-state index in [1.54, 1.807) is 0 Å². The van der Waals surface area contributed by atoms with E-state index in [1.165, 1.54) is 5.56 Å². The molecule has 6 nitrogen and oxygen atoms in total. The van der Waals surface area contributed by atoms with Crippen molar-refractivity contribution >= 4 is 5.91 Å². The van der Waals surface area contributed by atoms with Gasteiger partial charge in [0, 0.05) is 25.2 Å². The van der Waals surface area contributed by atoms with Crippen LogP contribution in [0.3, 0.4) is 0 Å². The van der Waals surface area contributed by atoms with Crippen LogP contribution in [-0.4, -0.2) is 32.5 Å². The van der Waals surface area contributed by atoms with E-state index in [4.69, 9.17) is 9.51 Å². The van der Waals surface area contributed by atoms with Crippen molar-refractivity contribution in [3.05, 3.63) is 64.9 Å². The van der Waals surface area contributed by atoms with E-state index >= 15 is 0 Å². The summed E-state index contributed by atoms with van der Waals surface area (Å²) in [6, 6.07) is 10.0. The first-order valence-electron chi connectivity index (χ1n) is 11.2. The van der Waals surface area contributed by atoms with Crippen LogP contribution in [0.5, 0.6) is 0 Å². The van der Waals surface area contributed by atoms with Gasteiger partial charge in [0.25, 0.3) is 0 Å².